The van der Waals surface area contributed by atoms with E-state index in [0.29, 0.717) is 13.1 Å². The molecule has 0 saturated carbocycles. The lowest BCUT2D eigenvalue weighted by Gasteiger charge is -2.19. The highest BCUT2D eigenvalue weighted by Crippen LogP contribution is 2.26. The molecule has 0 atom stereocenters. The molecule has 0 spiro atoms. The summed E-state index contributed by atoms with van der Waals surface area (Å²) in [6, 6.07) is 11.7. The third-order valence-corrected chi connectivity index (χ3v) is 7.12. The monoisotopic (exact) mass is 447 g/mol. The van der Waals surface area contributed by atoms with Crippen LogP contribution in [0.1, 0.15) is 29.8 Å². The molecule has 1 heterocycles. The summed E-state index contributed by atoms with van der Waals surface area (Å²) in [4.78, 5) is 16.4. The Hall–Kier alpha value is -2.75. The van der Waals surface area contributed by atoms with Gasteiger partial charge in [0.1, 0.15) is 17.6 Å². The molecule has 0 aliphatic heterocycles. The van der Waals surface area contributed by atoms with Gasteiger partial charge in [-0.05, 0) is 35.9 Å². The fourth-order valence-corrected chi connectivity index (χ4v) is 4.90. The molecule has 0 aliphatic rings. The average Bonchev–Trinajstić information content (AvgIpc) is 3.28. The van der Waals surface area contributed by atoms with Gasteiger partial charge in [-0.2, -0.15) is 9.40 Å². The van der Waals surface area contributed by atoms with Gasteiger partial charge >= 0.3 is 0 Å². The fourth-order valence-electron chi connectivity index (χ4n) is 2.94. The quantitative estimate of drug-likeness (QED) is 0.572. The Morgan fingerprint density at radius 3 is 2.43 bits per heavy atom. The molecule has 0 unspecified atom stereocenters. The molecule has 30 heavy (non-hydrogen) atoms. The van der Waals surface area contributed by atoms with Gasteiger partial charge in [-0.1, -0.05) is 37.6 Å². The Morgan fingerprint density at radius 1 is 1.13 bits per heavy atom. The number of aromatic nitrogens is 3. The van der Waals surface area contributed by atoms with Gasteiger partial charge in [0.2, 0.25) is 10.0 Å². The molecule has 0 fully saturated rings. The number of hydrogen-bond donors (Lipinski definition) is 1. The molecule has 2 aromatic carbocycles. The molecule has 8 nitrogen and oxygen atoms in total. The Balaban J connectivity index is 1.73. The first kappa shape index (κ1) is 21.9. The second-order valence-electron chi connectivity index (χ2n) is 6.42. The summed E-state index contributed by atoms with van der Waals surface area (Å²) in [6.45, 7) is 4.42. The minimum absolute atomic E-state index is 0.0716. The molecular formula is C20H22ClN5O3S. The van der Waals surface area contributed by atoms with Crippen LogP contribution >= 0.6 is 11.6 Å². The maximum absolute atomic E-state index is 12.8. The summed E-state index contributed by atoms with van der Waals surface area (Å²) in [5, 5.41) is 6.95. The van der Waals surface area contributed by atoms with Crippen molar-refractivity contribution in [3.8, 4) is 5.69 Å². The molecule has 0 radical (unpaired) electrons. The summed E-state index contributed by atoms with van der Waals surface area (Å²) in [6.07, 6.45) is 3.05. The molecule has 0 saturated heterocycles. The first-order valence-electron chi connectivity index (χ1n) is 9.38. The molecule has 0 aliphatic carbocycles. The zero-order valence-corrected chi connectivity index (χ0v) is 18.2. The Kier molecular flexibility index (Phi) is 6.86. The second kappa shape index (κ2) is 9.38. The highest BCUT2D eigenvalue weighted by molar-refractivity contribution is 7.89. The standard InChI is InChI=1S/C20H22ClN5O3S/c1-3-25(4-2)30(28,29)19-11-16(7-10-18(19)21)20(27)23-12-15-5-8-17(9-6-15)26-14-22-13-24-26/h5-11,13-14H,3-4,12H2,1-2H3,(H,23,27). The summed E-state index contributed by atoms with van der Waals surface area (Å²) in [5.41, 5.74) is 1.97. The van der Waals surface area contributed by atoms with Crippen LogP contribution in [0.5, 0.6) is 0 Å². The van der Waals surface area contributed by atoms with E-state index in [1.165, 1.54) is 28.8 Å². The first-order valence-corrected chi connectivity index (χ1v) is 11.2. The average molecular weight is 448 g/mol. The zero-order chi connectivity index (χ0) is 21.7. The van der Waals surface area contributed by atoms with Crippen molar-refractivity contribution in [3.63, 3.8) is 0 Å². The third-order valence-electron chi connectivity index (χ3n) is 4.59. The van der Waals surface area contributed by atoms with E-state index in [4.69, 9.17) is 11.6 Å². The molecule has 3 aromatic rings. The molecule has 1 amide bonds. The highest BCUT2D eigenvalue weighted by Gasteiger charge is 2.25. The number of benzene rings is 2. The van der Waals surface area contributed by atoms with Crippen LogP contribution in [-0.4, -0.2) is 46.5 Å². The van der Waals surface area contributed by atoms with Gasteiger partial charge in [-0.15, -0.1) is 0 Å². The van der Waals surface area contributed by atoms with Crippen LogP contribution < -0.4 is 5.32 Å². The number of carbonyl (C=O) groups excluding carboxylic acids is 1. The second-order valence-corrected chi connectivity index (χ2v) is 8.74. The van der Waals surface area contributed by atoms with Crippen molar-refractivity contribution in [2.75, 3.05) is 13.1 Å². The van der Waals surface area contributed by atoms with Crippen LogP contribution in [0.2, 0.25) is 5.02 Å². The van der Waals surface area contributed by atoms with E-state index in [0.717, 1.165) is 11.3 Å². The van der Waals surface area contributed by atoms with Gasteiger partial charge in [0.25, 0.3) is 5.91 Å². The van der Waals surface area contributed by atoms with Crippen LogP contribution in [0.15, 0.2) is 60.0 Å². The van der Waals surface area contributed by atoms with Crippen molar-refractivity contribution in [2.45, 2.75) is 25.3 Å². The van der Waals surface area contributed by atoms with Crippen molar-refractivity contribution in [1.29, 1.82) is 0 Å². The Labute approximate surface area is 180 Å². The van der Waals surface area contributed by atoms with E-state index in [1.54, 1.807) is 24.9 Å². The predicted molar refractivity (Wildman–Crippen MR) is 114 cm³/mol. The first-order chi connectivity index (χ1) is 14.4. The lowest BCUT2D eigenvalue weighted by atomic mass is 10.2. The number of sulfonamides is 1. The van der Waals surface area contributed by atoms with E-state index in [2.05, 4.69) is 15.4 Å². The molecule has 0 bridgehead atoms. The van der Waals surface area contributed by atoms with Crippen LogP contribution in [0, 0.1) is 0 Å². The van der Waals surface area contributed by atoms with E-state index in [-0.39, 0.29) is 27.9 Å². The van der Waals surface area contributed by atoms with Crippen LogP contribution in [0.4, 0.5) is 0 Å². The summed E-state index contributed by atoms with van der Waals surface area (Å²) < 4.78 is 28.5. The molecule has 1 aromatic heterocycles. The Bertz CT molecular complexity index is 1110. The Morgan fingerprint density at radius 2 is 1.83 bits per heavy atom. The topological polar surface area (TPSA) is 97.2 Å². The SMILES string of the molecule is CCN(CC)S(=O)(=O)c1cc(C(=O)NCc2ccc(-n3cncn3)cc2)ccc1Cl. The number of carbonyl (C=O) groups is 1. The van der Waals surface area contributed by atoms with Gasteiger partial charge in [-0.3, -0.25) is 4.79 Å². The van der Waals surface area contributed by atoms with Crippen LogP contribution in [0.25, 0.3) is 5.69 Å². The smallest absolute Gasteiger partial charge is 0.251 e. The lowest BCUT2D eigenvalue weighted by Crippen LogP contribution is -2.31. The van der Waals surface area contributed by atoms with E-state index in [1.807, 2.05) is 24.3 Å². The summed E-state index contributed by atoms with van der Waals surface area (Å²) in [5.74, 6) is -0.386. The van der Waals surface area contributed by atoms with Crippen molar-refractivity contribution < 1.29 is 13.2 Å². The van der Waals surface area contributed by atoms with Gasteiger partial charge in [-0.25, -0.2) is 18.1 Å². The van der Waals surface area contributed by atoms with Gasteiger partial charge in [0.05, 0.1) is 10.7 Å². The van der Waals surface area contributed by atoms with Crippen LogP contribution in [0.3, 0.4) is 0 Å². The molecule has 1 N–H and O–H groups in total. The number of rotatable bonds is 8. The van der Waals surface area contributed by atoms with Crippen LogP contribution in [-0.2, 0) is 16.6 Å². The summed E-state index contributed by atoms with van der Waals surface area (Å²) >= 11 is 6.12. The minimum atomic E-state index is -3.77. The maximum Gasteiger partial charge on any atom is 0.251 e. The number of halogens is 1. The lowest BCUT2D eigenvalue weighted by molar-refractivity contribution is 0.0950. The molecule has 10 heteroatoms. The largest absolute Gasteiger partial charge is 0.348 e. The zero-order valence-electron chi connectivity index (χ0n) is 16.6. The molecular weight excluding hydrogens is 426 g/mol. The fraction of sp³-hybridized carbons (Fsp3) is 0.250. The van der Waals surface area contributed by atoms with Crippen molar-refractivity contribution in [2.24, 2.45) is 0 Å². The number of hydrogen-bond acceptors (Lipinski definition) is 5. The van der Waals surface area contributed by atoms with E-state index >= 15 is 0 Å². The number of nitrogens with one attached hydrogen (secondary N) is 1. The predicted octanol–water partition coefficient (Wildman–Crippen LogP) is 2.88. The van der Waals surface area contributed by atoms with E-state index in [9.17, 15) is 13.2 Å². The van der Waals surface area contributed by atoms with E-state index < -0.39 is 10.0 Å². The number of amides is 1. The van der Waals surface area contributed by atoms with Crippen molar-refractivity contribution >= 4 is 27.5 Å². The highest BCUT2D eigenvalue weighted by atomic mass is 35.5. The summed E-state index contributed by atoms with van der Waals surface area (Å²) in [7, 11) is -3.77. The molecule has 158 valence electrons. The van der Waals surface area contributed by atoms with Gasteiger partial charge < -0.3 is 5.32 Å². The number of nitrogens with zero attached hydrogens (tertiary/aromatic N) is 4. The van der Waals surface area contributed by atoms with Crippen molar-refractivity contribution in [3.05, 3.63) is 71.3 Å². The van der Waals surface area contributed by atoms with Crippen molar-refractivity contribution in [1.82, 2.24) is 24.4 Å². The third kappa shape index (κ3) is 4.69. The maximum atomic E-state index is 12.8. The van der Waals surface area contributed by atoms with Gasteiger partial charge in [0, 0.05) is 25.2 Å². The minimum Gasteiger partial charge on any atom is -0.348 e. The normalized spacial score (nSPS) is 11.6. The molecule has 3 rings (SSSR count). The van der Waals surface area contributed by atoms with Gasteiger partial charge in [0.15, 0.2) is 0 Å².